The number of nitrogens with one attached hydrogen (secondary N) is 1. The van der Waals surface area contributed by atoms with Crippen molar-refractivity contribution in [3.05, 3.63) is 34.5 Å². The van der Waals surface area contributed by atoms with E-state index in [-0.39, 0.29) is 0 Å². The maximum absolute atomic E-state index is 4.17. The third kappa shape index (κ3) is 2.47. The molecule has 1 aliphatic rings. The smallest absolute Gasteiger partial charge is 0.146 e. The van der Waals surface area contributed by atoms with Gasteiger partial charge in [0.2, 0.25) is 0 Å². The number of hydrogen-bond acceptors (Lipinski definition) is 4. The van der Waals surface area contributed by atoms with Gasteiger partial charge in [-0.2, -0.15) is 0 Å². The lowest BCUT2D eigenvalue weighted by Crippen LogP contribution is -2.23. The summed E-state index contributed by atoms with van der Waals surface area (Å²) >= 11 is 1.84. The first-order valence-electron chi connectivity index (χ1n) is 6.52. The standard InChI is InChI=1S/C13H18N4S/c1-2-17-9-15-16-12(17)8-14-13(10-5-6-10)11-4-3-7-18-11/h3-4,7,9-10,13-14H,2,5-6,8H2,1H3. The van der Waals surface area contributed by atoms with Gasteiger partial charge in [0.15, 0.2) is 0 Å². The first kappa shape index (κ1) is 11.9. The van der Waals surface area contributed by atoms with Crippen molar-refractivity contribution in [1.29, 1.82) is 0 Å². The van der Waals surface area contributed by atoms with Gasteiger partial charge in [0, 0.05) is 17.5 Å². The minimum atomic E-state index is 0.493. The monoisotopic (exact) mass is 262 g/mol. The van der Waals surface area contributed by atoms with E-state index in [9.17, 15) is 0 Å². The van der Waals surface area contributed by atoms with Crippen LogP contribution in [-0.4, -0.2) is 14.8 Å². The van der Waals surface area contributed by atoms with Crippen LogP contribution in [0.3, 0.4) is 0 Å². The molecule has 0 radical (unpaired) electrons. The summed E-state index contributed by atoms with van der Waals surface area (Å²) < 4.78 is 2.09. The molecule has 0 aromatic carbocycles. The van der Waals surface area contributed by atoms with E-state index in [1.807, 2.05) is 11.3 Å². The molecule has 5 heteroatoms. The Balaban J connectivity index is 1.67. The largest absolute Gasteiger partial charge is 0.317 e. The Hall–Kier alpha value is -1.20. The van der Waals surface area contributed by atoms with Gasteiger partial charge < -0.3 is 9.88 Å². The number of aryl methyl sites for hydroxylation is 1. The first-order chi connectivity index (χ1) is 8.88. The van der Waals surface area contributed by atoms with Gasteiger partial charge in [-0.25, -0.2) is 0 Å². The molecule has 18 heavy (non-hydrogen) atoms. The Morgan fingerprint density at radius 2 is 2.44 bits per heavy atom. The molecule has 0 amide bonds. The molecule has 0 spiro atoms. The van der Waals surface area contributed by atoms with Crippen LogP contribution in [0.1, 0.15) is 36.5 Å². The summed E-state index contributed by atoms with van der Waals surface area (Å²) in [6.45, 7) is 3.84. The molecule has 0 aliphatic heterocycles. The molecule has 2 aromatic heterocycles. The van der Waals surface area contributed by atoms with Crippen LogP contribution in [-0.2, 0) is 13.1 Å². The van der Waals surface area contributed by atoms with Gasteiger partial charge in [0.05, 0.1) is 6.54 Å². The molecule has 96 valence electrons. The average Bonchev–Trinajstić information content (AvgIpc) is 2.92. The van der Waals surface area contributed by atoms with Gasteiger partial charge in [-0.1, -0.05) is 6.07 Å². The summed E-state index contributed by atoms with van der Waals surface area (Å²) in [6, 6.07) is 4.85. The maximum atomic E-state index is 4.17. The number of aromatic nitrogens is 3. The molecule has 1 aliphatic carbocycles. The van der Waals surface area contributed by atoms with Crippen LogP contribution in [0.4, 0.5) is 0 Å². The number of hydrogen-bond donors (Lipinski definition) is 1. The molecule has 0 saturated heterocycles. The Morgan fingerprint density at radius 1 is 1.56 bits per heavy atom. The van der Waals surface area contributed by atoms with Gasteiger partial charge in [-0.05, 0) is 37.1 Å². The molecule has 1 fully saturated rings. The molecule has 0 bridgehead atoms. The molecule has 4 nitrogen and oxygen atoms in total. The highest BCUT2D eigenvalue weighted by Crippen LogP contribution is 2.42. The van der Waals surface area contributed by atoms with Crippen molar-refractivity contribution in [2.45, 2.75) is 38.9 Å². The summed E-state index contributed by atoms with van der Waals surface area (Å²) in [7, 11) is 0. The van der Waals surface area contributed by atoms with E-state index in [4.69, 9.17) is 0 Å². The lowest BCUT2D eigenvalue weighted by atomic mass is 10.1. The van der Waals surface area contributed by atoms with E-state index in [1.54, 1.807) is 6.33 Å². The highest BCUT2D eigenvalue weighted by molar-refractivity contribution is 7.10. The van der Waals surface area contributed by atoms with Gasteiger partial charge >= 0.3 is 0 Å². The summed E-state index contributed by atoms with van der Waals surface area (Å²) in [4.78, 5) is 1.44. The zero-order chi connectivity index (χ0) is 12.4. The Kier molecular flexibility index (Phi) is 3.43. The van der Waals surface area contributed by atoms with E-state index in [0.717, 1.165) is 24.8 Å². The van der Waals surface area contributed by atoms with Gasteiger partial charge in [0.25, 0.3) is 0 Å². The summed E-state index contributed by atoms with van der Waals surface area (Å²) in [5.41, 5.74) is 0. The molecular formula is C13H18N4S. The molecule has 1 N–H and O–H groups in total. The van der Waals surface area contributed by atoms with E-state index < -0.39 is 0 Å². The van der Waals surface area contributed by atoms with Crippen LogP contribution in [0.15, 0.2) is 23.8 Å². The molecular weight excluding hydrogens is 244 g/mol. The highest BCUT2D eigenvalue weighted by Gasteiger charge is 2.32. The number of nitrogens with zero attached hydrogens (tertiary/aromatic N) is 3. The van der Waals surface area contributed by atoms with E-state index in [2.05, 4.69) is 44.5 Å². The van der Waals surface area contributed by atoms with Crippen LogP contribution in [0.2, 0.25) is 0 Å². The minimum Gasteiger partial charge on any atom is -0.317 e. The molecule has 2 aromatic rings. The minimum absolute atomic E-state index is 0.493. The second-order valence-corrected chi connectivity index (χ2v) is 5.72. The first-order valence-corrected chi connectivity index (χ1v) is 7.40. The topological polar surface area (TPSA) is 42.7 Å². The molecule has 1 unspecified atom stereocenters. The van der Waals surface area contributed by atoms with E-state index in [0.29, 0.717) is 6.04 Å². The van der Waals surface area contributed by atoms with Crippen molar-refractivity contribution in [3.8, 4) is 0 Å². The Bertz CT molecular complexity index is 487. The van der Waals surface area contributed by atoms with Crippen LogP contribution in [0.5, 0.6) is 0 Å². The Morgan fingerprint density at radius 3 is 3.11 bits per heavy atom. The molecule has 1 saturated carbocycles. The van der Waals surface area contributed by atoms with E-state index in [1.165, 1.54) is 17.7 Å². The predicted octanol–water partition coefficient (Wildman–Crippen LogP) is 2.60. The van der Waals surface area contributed by atoms with Crippen molar-refractivity contribution >= 4 is 11.3 Å². The van der Waals surface area contributed by atoms with Crippen molar-refractivity contribution in [2.75, 3.05) is 0 Å². The quantitative estimate of drug-likeness (QED) is 0.870. The number of thiophene rings is 1. The fourth-order valence-electron chi connectivity index (χ4n) is 2.28. The van der Waals surface area contributed by atoms with Crippen LogP contribution < -0.4 is 5.32 Å². The van der Waals surface area contributed by atoms with Crippen molar-refractivity contribution in [2.24, 2.45) is 5.92 Å². The van der Waals surface area contributed by atoms with Crippen LogP contribution in [0, 0.1) is 5.92 Å². The molecule has 2 heterocycles. The SMILES string of the molecule is CCn1cnnc1CNC(c1cccs1)C1CC1. The second-order valence-electron chi connectivity index (χ2n) is 4.74. The van der Waals surface area contributed by atoms with E-state index >= 15 is 0 Å². The van der Waals surface area contributed by atoms with Crippen molar-refractivity contribution in [1.82, 2.24) is 20.1 Å². The zero-order valence-electron chi connectivity index (χ0n) is 10.5. The van der Waals surface area contributed by atoms with Gasteiger partial charge in [-0.3, -0.25) is 0 Å². The fraction of sp³-hybridized carbons (Fsp3) is 0.538. The van der Waals surface area contributed by atoms with Crippen LogP contribution in [0.25, 0.3) is 0 Å². The second kappa shape index (κ2) is 5.20. The normalized spacial score (nSPS) is 16.9. The molecule has 3 rings (SSSR count). The summed E-state index contributed by atoms with van der Waals surface area (Å²) in [5, 5.41) is 13.9. The third-order valence-electron chi connectivity index (χ3n) is 3.46. The van der Waals surface area contributed by atoms with Crippen molar-refractivity contribution < 1.29 is 0 Å². The predicted molar refractivity (Wildman–Crippen MR) is 72.3 cm³/mol. The fourth-order valence-corrected chi connectivity index (χ4v) is 3.17. The third-order valence-corrected chi connectivity index (χ3v) is 4.42. The zero-order valence-corrected chi connectivity index (χ0v) is 11.4. The lowest BCUT2D eigenvalue weighted by Gasteiger charge is -2.16. The number of rotatable bonds is 6. The van der Waals surface area contributed by atoms with Gasteiger partial charge in [-0.15, -0.1) is 21.5 Å². The van der Waals surface area contributed by atoms with Crippen molar-refractivity contribution in [3.63, 3.8) is 0 Å². The molecule has 1 atom stereocenters. The highest BCUT2D eigenvalue weighted by atomic mass is 32.1. The maximum Gasteiger partial charge on any atom is 0.146 e. The average molecular weight is 262 g/mol. The van der Waals surface area contributed by atoms with Gasteiger partial charge in [0.1, 0.15) is 12.2 Å². The summed E-state index contributed by atoms with van der Waals surface area (Å²) in [5.74, 6) is 1.83. The van der Waals surface area contributed by atoms with Crippen LogP contribution >= 0.6 is 11.3 Å². The Labute approximate surface area is 111 Å². The summed E-state index contributed by atoms with van der Waals surface area (Å²) in [6.07, 6.45) is 4.49. The lowest BCUT2D eigenvalue weighted by molar-refractivity contribution is 0.470.